The Kier molecular flexibility index (Phi) is 2.51. The molecule has 0 aromatic carbocycles. The maximum Gasteiger partial charge on any atom is 0.337 e. The summed E-state index contributed by atoms with van der Waals surface area (Å²) < 4.78 is 1.61. The van der Waals surface area contributed by atoms with Gasteiger partial charge in [0.05, 0.1) is 11.3 Å². The Hall–Kier alpha value is -1.58. The average molecular weight is 181 g/mol. The number of hydrogen-bond acceptors (Lipinski definition) is 2. The number of carbonyl (C=O) groups is 2. The Balaban J connectivity index is 3.35. The van der Waals surface area contributed by atoms with Crippen molar-refractivity contribution in [2.24, 2.45) is 7.05 Å². The number of carboxylic acids is 1. The fourth-order valence-electron chi connectivity index (χ4n) is 1.39. The van der Waals surface area contributed by atoms with Gasteiger partial charge in [-0.15, -0.1) is 0 Å². The zero-order valence-corrected chi connectivity index (χ0v) is 7.57. The van der Waals surface area contributed by atoms with Crippen LogP contribution in [0.3, 0.4) is 0 Å². The zero-order valence-electron chi connectivity index (χ0n) is 7.57. The molecule has 0 spiro atoms. The van der Waals surface area contributed by atoms with E-state index in [0.717, 1.165) is 0 Å². The normalized spacial score (nSPS) is 10.0. The SMILES string of the molecule is CCc1c(C(=O)O)cc(C=O)n1C. The molecule has 13 heavy (non-hydrogen) atoms. The summed E-state index contributed by atoms with van der Waals surface area (Å²) in [4.78, 5) is 21.3. The highest BCUT2D eigenvalue weighted by molar-refractivity contribution is 5.91. The molecule has 0 atom stereocenters. The smallest absolute Gasteiger partial charge is 0.337 e. The number of hydrogen-bond donors (Lipinski definition) is 1. The van der Waals surface area contributed by atoms with Crippen LogP contribution in [0.1, 0.15) is 33.5 Å². The molecule has 0 bridgehead atoms. The molecule has 0 fully saturated rings. The number of carboxylic acid groups (broad SMARTS) is 1. The number of carbonyl (C=O) groups excluding carboxylic acids is 1. The Morgan fingerprint density at radius 1 is 1.69 bits per heavy atom. The van der Waals surface area contributed by atoms with Gasteiger partial charge in [-0.25, -0.2) is 4.79 Å². The van der Waals surface area contributed by atoms with Crippen LogP contribution in [-0.4, -0.2) is 21.9 Å². The first-order valence-electron chi connectivity index (χ1n) is 3.98. The summed E-state index contributed by atoms with van der Waals surface area (Å²) in [5.41, 5.74) is 1.29. The van der Waals surface area contributed by atoms with Crippen molar-refractivity contribution in [3.05, 3.63) is 23.0 Å². The Morgan fingerprint density at radius 3 is 2.62 bits per heavy atom. The van der Waals surface area contributed by atoms with Crippen LogP contribution in [-0.2, 0) is 13.5 Å². The largest absolute Gasteiger partial charge is 0.478 e. The molecule has 0 aliphatic heterocycles. The van der Waals surface area contributed by atoms with E-state index in [9.17, 15) is 9.59 Å². The van der Waals surface area contributed by atoms with Gasteiger partial charge in [0.1, 0.15) is 0 Å². The lowest BCUT2D eigenvalue weighted by Gasteiger charge is -2.01. The quantitative estimate of drug-likeness (QED) is 0.710. The minimum absolute atomic E-state index is 0.215. The van der Waals surface area contributed by atoms with Crippen molar-refractivity contribution in [2.45, 2.75) is 13.3 Å². The van der Waals surface area contributed by atoms with Gasteiger partial charge in [-0.3, -0.25) is 4.79 Å². The van der Waals surface area contributed by atoms with E-state index in [0.29, 0.717) is 24.1 Å². The summed E-state index contributed by atoms with van der Waals surface area (Å²) >= 11 is 0. The topological polar surface area (TPSA) is 59.3 Å². The number of rotatable bonds is 3. The third-order valence-corrected chi connectivity index (χ3v) is 2.08. The van der Waals surface area contributed by atoms with E-state index in [1.54, 1.807) is 11.6 Å². The second-order valence-electron chi connectivity index (χ2n) is 2.77. The predicted molar refractivity (Wildman–Crippen MR) is 47.1 cm³/mol. The molecule has 4 heteroatoms. The Morgan fingerprint density at radius 2 is 2.31 bits per heavy atom. The van der Waals surface area contributed by atoms with Crippen LogP contribution in [0, 0.1) is 0 Å². The third-order valence-electron chi connectivity index (χ3n) is 2.08. The molecule has 0 saturated carbocycles. The van der Waals surface area contributed by atoms with Crippen LogP contribution in [0.4, 0.5) is 0 Å². The van der Waals surface area contributed by atoms with E-state index in [1.807, 2.05) is 6.92 Å². The van der Waals surface area contributed by atoms with Gasteiger partial charge in [0.15, 0.2) is 6.29 Å². The van der Waals surface area contributed by atoms with Gasteiger partial charge in [-0.2, -0.15) is 0 Å². The molecular weight excluding hydrogens is 170 g/mol. The number of aldehydes is 1. The molecular formula is C9H11NO3. The van der Waals surface area contributed by atoms with Crippen LogP contribution in [0.5, 0.6) is 0 Å². The molecule has 0 aliphatic rings. The molecule has 0 aliphatic carbocycles. The second kappa shape index (κ2) is 3.43. The predicted octanol–water partition coefficient (Wildman–Crippen LogP) is 1.10. The summed E-state index contributed by atoms with van der Waals surface area (Å²) in [5, 5.41) is 8.80. The maximum atomic E-state index is 10.7. The molecule has 1 aromatic heterocycles. The molecule has 0 amide bonds. The van der Waals surface area contributed by atoms with Crippen LogP contribution >= 0.6 is 0 Å². The lowest BCUT2D eigenvalue weighted by molar-refractivity contribution is 0.0695. The standard InChI is InChI=1S/C9H11NO3/c1-3-8-7(9(12)13)4-6(5-11)10(8)2/h4-5H,3H2,1-2H3,(H,12,13). The van der Waals surface area contributed by atoms with E-state index >= 15 is 0 Å². The summed E-state index contributed by atoms with van der Waals surface area (Å²) in [6, 6.07) is 1.40. The second-order valence-corrected chi connectivity index (χ2v) is 2.77. The first kappa shape index (κ1) is 9.51. The van der Waals surface area contributed by atoms with Crippen molar-refractivity contribution in [1.29, 1.82) is 0 Å². The fraction of sp³-hybridized carbons (Fsp3) is 0.333. The van der Waals surface area contributed by atoms with Gasteiger partial charge in [0.25, 0.3) is 0 Å². The van der Waals surface area contributed by atoms with Gasteiger partial charge in [-0.05, 0) is 12.5 Å². The summed E-state index contributed by atoms with van der Waals surface area (Å²) in [7, 11) is 1.69. The third kappa shape index (κ3) is 1.47. The minimum Gasteiger partial charge on any atom is -0.478 e. The van der Waals surface area contributed by atoms with Crippen LogP contribution < -0.4 is 0 Å². The summed E-state index contributed by atoms with van der Waals surface area (Å²) in [6.45, 7) is 1.86. The van der Waals surface area contributed by atoms with Gasteiger partial charge in [0.2, 0.25) is 0 Å². The maximum absolute atomic E-state index is 10.7. The van der Waals surface area contributed by atoms with Crippen LogP contribution in [0.25, 0.3) is 0 Å². The lowest BCUT2D eigenvalue weighted by atomic mass is 10.2. The molecule has 1 rings (SSSR count). The van der Waals surface area contributed by atoms with Gasteiger partial charge < -0.3 is 9.67 Å². The molecule has 1 heterocycles. The van der Waals surface area contributed by atoms with Crippen LogP contribution in [0.15, 0.2) is 6.07 Å². The monoisotopic (exact) mass is 181 g/mol. The van der Waals surface area contributed by atoms with E-state index in [2.05, 4.69) is 0 Å². The summed E-state index contributed by atoms with van der Waals surface area (Å²) in [6.07, 6.45) is 1.26. The van der Waals surface area contributed by atoms with Crippen molar-refractivity contribution >= 4 is 12.3 Å². The fourth-order valence-corrected chi connectivity index (χ4v) is 1.39. The number of aromatic nitrogens is 1. The zero-order chi connectivity index (χ0) is 10.0. The van der Waals surface area contributed by atoms with Gasteiger partial charge in [0, 0.05) is 12.7 Å². The average Bonchev–Trinajstić information content (AvgIpc) is 2.42. The van der Waals surface area contributed by atoms with Gasteiger partial charge >= 0.3 is 5.97 Å². The van der Waals surface area contributed by atoms with Crippen molar-refractivity contribution < 1.29 is 14.7 Å². The highest BCUT2D eigenvalue weighted by Gasteiger charge is 2.15. The Bertz CT molecular complexity index is 352. The number of nitrogens with zero attached hydrogens (tertiary/aromatic N) is 1. The first-order valence-corrected chi connectivity index (χ1v) is 3.98. The highest BCUT2D eigenvalue weighted by Crippen LogP contribution is 2.14. The molecule has 70 valence electrons. The van der Waals surface area contributed by atoms with Crippen LogP contribution in [0.2, 0.25) is 0 Å². The van der Waals surface area contributed by atoms with E-state index in [1.165, 1.54) is 6.07 Å². The van der Waals surface area contributed by atoms with Gasteiger partial charge in [-0.1, -0.05) is 6.92 Å². The van der Waals surface area contributed by atoms with Crippen molar-refractivity contribution in [2.75, 3.05) is 0 Å². The Labute approximate surface area is 75.8 Å². The minimum atomic E-state index is -0.986. The van der Waals surface area contributed by atoms with Crippen molar-refractivity contribution in [3.63, 3.8) is 0 Å². The molecule has 0 unspecified atom stereocenters. The van der Waals surface area contributed by atoms with E-state index < -0.39 is 5.97 Å². The molecule has 4 nitrogen and oxygen atoms in total. The highest BCUT2D eigenvalue weighted by atomic mass is 16.4. The van der Waals surface area contributed by atoms with Crippen molar-refractivity contribution in [3.8, 4) is 0 Å². The first-order chi connectivity index (χ1) is 6.11. The molecule has 1 aromatic rings. The molecule has 1 N–H and O–H groups in total. The number of aromatic carboxylic acids is 1. The lowest BCUT2D eigenvalue weighted by Crippen LogP contribution is -2.03. The summed E-state index contributed by atoms with van der Waals surface area (Å²) in [5.74, 6) is -0.986. The van der Waals surface area contributed by atoms with Crippen molar-refractivity contribution in [1.82, 2.24) is 4.57 Å². The molecule has 0 radical (unpaired) electrons. The van der Waals surface area contributed by atoms with E-state index in [-0.39, 0.29) is 5.56 Å². The molecule has 0 saturated heterocycles. The van der Waals surface area contributed by atoms with E-state index in [4.69, 9.17) is 5.11 Å².